The maximum absolute atomic E-state index is 12.4. The number of aryl methyl sites for hydroxylation is 1. The van der Waals surface area contributed by atoms with Crippen LogP contribution in [0.2, 0.25) is 0 Å². The lowest BCUT2D eigenvalue weighted by atomic mass is 9.96. The van der Waals surface area contributed by atoms with Crippen LogP contribution in [0, 0.1) is 5.92 Å². The summed E-state index contributed by atoms with van der Waals surface area (Å²) in [5.41, 5.74) is 0. The van der Waals surface area contributed by atoms with Crippen LogP contribution in [0.15, 0.2) is 22.0 Å². The number of thiophene rings is 1. The first kappa shape index (κ1) is 17.1. The molecule has 0 saturated carbocycles. The second kappa shape index (κ2) is 8.39. The molecular weight excluding hydrogens is 324 g/mol. The van der Waals surface area contributed by atoms with Crippen molar-refractivity contribution in [2.24, 2.45) is 5.92 Å². The highest BCUT2D eigenvalue weighted by Crippen LogP contribution is 2.22. The summed E-state index contributed by atoms with van der Waals surface area (Å²) in [5.74, 6) is 2.02. The Labute approximate surface area is 146 Å². The minimum Gasteiger partial charge on any atom is -0.343 e. The second-order valence-corrected chi connectivity index (χ2v) is 7.07. The van der Waals surface area contributed by atoms with Crippen LogP contribution >= 0.6 is 11.3 Å². The van der Waals surface area contributed by atoms with Crippen LogP contribution in [0.25, 0.3) is 10.7 Å². The summed E-state index contributed by atoms with van der Waals surface area (Å²) in [7, 11) is 0. The van der Waals surface area contributed by atoms with Crippen molar-refractivity contribution in [3.8, 4) is 10.7 Å². The van der Waals surface area contributed by atoms with Gasteiger partial charge in [0.15, 0.2) is 0 Å². The van der Waals surface area contributed by atoms with Gasteiger partial charge in [-0.1, -0.05) is 18.1 Å². The molecule has 2 aromatic rings. The van der Waals surface area contributed by atoms with E-state index in [2.05, 4.69) is 22.4 Å². The van der Waals surface area contributed by atoms with Gasteiger partial charge >= 0.3 is 0 Å². The van der Waals surface area contributed by atoms with Crippen LogP contribution in [0.1, 0.15) is 32.1 Å². The smallest absolute Gasteiger partial charge is 0.227 e. The molecule has 7 heteroatoms. The molecule has 3 heterocycles. The topological polar surface area (TPSA) is 71.3 Å². The molecule has 0 unspecified atom stereocenters. The van der Waals surface area contributed by atoms with Crippen molar-refractivity contribution in [1.82, 2.24) is 20.4 Å². The number of hydrogen-bond acceptors (Lipinski definition) is 6. The first-order chi connectivity index (χ1) is 11.8. The van der Waals surface area contributed by atoms with Crippen molar-refractivity contribution in [3.05, 3.63) is 23.4 Å². The summed E-state index contributed by atoms with van der Waals surface area (Å²) in [4.78, 5) is 19.7. The standard InChI is InChI=1S/C17H24N4O2S/c1-2-18-12-13-7-9-21(10-8-13)16(22)6-5-15-19-17(20-23-15)14-4-3-11-24-14/h3-4,11,13,18H,2,5-10,12H2,1H3. The summed E-state index contributed by atoms with van der Waals surface area (Å²) in [6.07, 6.45) is 3.11. The quantitative estimate of drug-likeness (QED) is 0.833. The molecule has 1 N–H and O–H groups in total. The number of hydrogen-bond donors (Lipinski definition) is 1. The van der Waals surface area contributed by atoms with Crippen molar-refractivity contribution in [1.29, 1.82) is 0 Å². The zero-order chi connectivity index (χ0) is 16.8. The molecule has 1 saturated heterocycles. The van der Waals surface area contributed by atoms with E-state index < -0.39 is 0 Å². The Kier molecular flexibility index (Phi) is 5.98. The van der Waals surface area contributed by atoms with Gasteiger partial charge in [0.2, 0.25) is 17.6 Å². The monoisotopic (exact) mass is 348 g/mol. The Bertz CT molecular complexity index is 633. The van der Waals surface area contributed by atoms with Crippen LogP contribution in [0.5, 0.6) is 0 Å². The average Bonchev–Trinajstić information content (AvgIpc) is 3.29. The molecule has 0 aromatic carbocycles. The highest BCUT2D eigenvalue weighted by atomic mass is 32.1. The van der Waals surface area contributed by atoms with E-state index >= 15 is 0 Å². The van der Waals surface area contributed by atoms with Gasteiger partial charge in [0.1, 0.15) is 0 Å². The molecule has 0 spiro atoms. The van der Waals surface area contributed by atoms with Crippen LogP contribution in [-0.2, 0) is 11.2 Å². The molecule has 1 amide bonds. The molecule has 24 heavy (non-hydrogen) atoms. The van der Waals surface area contributed by atoms with E-state index in [-0.39, 0.29) is 5.91 Å². The third-order valence-corrected chi connectivity index (χ3v) is 5.28. The van der Waals surface area contributed by atoms with E-state index in [1.165, 1.54) is 0 Å². The van der Waals surface area contributed by atoms with E-state index in [0.717, 1.165) is 43.9 Å². The van der Waals surface area contributed by atoms with Crippen molar-refractivity contribution in [2.75, 3.05) is 26.2 Å². The molecule has 1 aliphatic rings. The number of nitrogens with one attached hydrogen (secondary N) is 1. The summed E-state index contributed by atoms with van der Waals surface area (Å²) in [6.45, 7) is 5.92. The van der Waals surface area contributed by atoms with E-state index in [9.17, 15) is 4.79 Å². The maximum atomic E-state index is 12.4. The lowest BCUT2D eigenvalue weighted by Gasteiger charge is -2.32. The van der Waals surface area contributed by atoms with Gasteiger partial charge in [-0.25, -0.2) is 0 Å². The summed E-state index contributed by atoms with van der Waals surface area (Å²) >= 11 is 1.58. The van der Waals surface area contributed by atoms with Gasteiger partial charge in [-0.15, -0.1) is 11.3 Å². The lowest BCUT2D eigenvalue weighted by molar-refractivity contribution is -0.132. The maximum Gasteiger partial charge on any atom is 0.227 e. The Morgan fingerprint density at radius 2 is 2.29 bits per heavy atom. The Hall–Kier alpha value is -1.73. The van der Waals surface area contributed by atoms with Gasteiger partial charge in [-0.3, -0.25) is 4.79 Å². The Morgan fingerprint density at radius 1 is 1.46 bits per heavy atom. The minimum absolute atomic E-state index is 0.188. The Balaban J connectivity index is 1.43. The van der Waals surface area contributed by atoms with E-state index in [1.807, 2.05) is 22.4 Å². The fraction of sp³-hybridized carbons (Fsp3) is 0.588. The molecule has 2 aromatic heterocycles. The molecule has 6 nitrogen and oxygen atoms in total. The van der Waals surface area contributed by atoms with Crippen LogP contribution in [-0.4, -0.2) is 47.1 Å². The third-order valence-electron chi connectivity index (χ3n) is 4.41. The summed E-state index contributed by atoms with van der Waals surface area (Å²) in [5, 5.41) is 9.35. The van der Waals surface area contributed by atoms with Crippen molar-refractivity contribution in [3.63, 3.8) is 0 Å². The molecule has 0 bridgehead atoms. The largest absolute Gasteiger partial charge is 0.343 e. The van der Waals surface area contributed by atoms with Gasteiger partial charge in [0.05, 0.1) is 4.88 Å². The second-order valence-electron chi connectivity index (χ2n) is 6.12. The fourth-order valence-corrected chi connectivity index (χ4v) is 3.62. The van der Waals surface area contributed by atoms with Crippen molar-refractivity contribution >= 4 is 17.2 Å². The number of nitrogens with zero attached hydrogens (tertiary/aromatic N) is 3. The predicted molar refractivity (Wildman–Crippen MR) is 93.8 cm³/mol. The number of carbonyl (C=O) groups excluding carboxylic acids is 1. The Morgan fingerprint density at radius 3 is 3.00 bits per heavy atom. The molecule has 3 rings (SSSR count). The van der Waals surface area contributed by atoms with Gasteiger partial charge in [-0.2, -0.15) is 4.98 Å². The van der Waals surface area contributed by atoms with Crippen LogP contribution in [0.4, 0.5) is 0 Å². The fourth-order valence-electron chi connectivity index (χ4n) is 2.97. The van der Waals surface area contributed by atoms with Gasteiger partial charge in [-0.05, 0) is 43.3 Å². The molecule has 130 valence electrons. The number of amides is 1. The molecule has 1 aliphatic heterocycles. The normalized spacial score (nSPS) is 15.8. The molecule has 0 atom stereocenters. The molecule has 1 fully saturated rings. The highest BCUT2D eigenvalue weighted by Gasteiger charge is 2.22. The first-order valence-electron chi connectivity index (χ1n) is 8.61. The zero-order valence-electron chi connectivity index (χ0n) is 14.0. The summed E-state index contributed by atoms with van der Waals surface area (Å²) in [6, 6.07) is 3.92. The lowest BCUT2D eigenvalue weighted by Crippen LogP contribution is -2.40. The van der Waals surface area contributed by atoms with E-state index in [1.54, 1.807) is 11.3 Å². The van der Waals surface area contributed by atoms with Crippen LogP contribution < -0.4 is 5.32 Å². The predicted octanol–water partition coefficient (Wildman–Crippen LogP) is 2.58. The van der Waals surface area contributed by atoms with E-state index in [0.29, 0.717) is 30.5 Å². The number of likely N-dealkylation sites (tertiary alicyclic amines) is 1. The minimum atomic E-state index is 0.188. The molecular formula is C17H24N4O2S. The van der Waals surface area contributed by atoms with Crippen molar-refractivity contribution in [2.45, 2.75) is 32.6 Å². The molecule has 0 radical (unpaired) electrons. The van der Waals surface area contributed by atoms with Gasteiger partial charge < -0.3 is 14.7 Å². The number of carbonyl (C=O) groups is 1. The number of aromatic nitrogens is 2. The van der Waals surface area contributed by atoms with Crippen molar-refractivity contribution < 1.29 is 9.32 Å². The summed E-state index contributed by atoms with van der Waals surface area (Å²) < 4.78 is 5.25. The zero-order valence-corrected chi connectivity index (χ0v) is 14.8. The van der Waals surface area contributed by atoms with Crippen LogP contribution in [0.3, 0.4) is 0 Å². The van der Waals surface area contributed by atoms with E-state index in [4.69, 9.17) is 4.52 Å². The third kappa shape index (κ3) is 4.42. The van der Waals surface area contributed by atoms with Gasteiger partial charge in [0.25, 0.3) is 0 Å². The average molecular weight is 348 g/mol. The van der Waals surface area contributed by atoms with Gasteiger partial charge in [0, 0.05) is 25.9 Å². The number of piperidine rings is 1. The SMILES string of the molecule is CCNCC1CCN(C(=O)CCc2nc(-c3cccs3)no2)CC1. The number of rotatable bonds is 7. The molecule has 0 aliphatic carbocycles. The first-order valence-corrected chi connectivity index (χ1v) is 9.49. The highest BCUT2D eigenvalue weighted by molar-refractivity contribution is 7.13.